The van der Waals surface area contributed by atoms with Crippen LogP contribution in [-0.4, -0.2) is 69.5 Å². The highest BCUT2D eigenvalue weighted by molar-refractivity contribution is 14.0. The first-order chi connectivity index (χ1) is 13.3. The van der Waals surface area contributed by atoms with Crippen molar-refractivity contribution in [1.82, 2.24) is 15.5 Å². The fraction of sp³-hybridized carbons (Fsp3) is 0.611. The zero-order chi connectivity index (χ0) is 20.1. The third-order valence-corrected chi connectivity index (χ3v) is 4.88. The Morgan fingerprint density at radius 1 is 1.31 bits per heavy atom. The Hall–Kier alpha value is -1.14. The molecule has 0 aromatic heterocycles. The van der Waals surface area contributed by atoms with Gasteiger partial charge in [-0.1, -0.05) is 11.6 Å². The van der Waals surface area contributed by atoms with Crippen LogP contribution in [0.3, 0.4) is 0 Å². The van der Waals surface area contributed by atoms with Gasteiger partial charge in [0, 0.05) is 32.7 Å². The average Bonchev–Trinajstić information content (AvgIpc) is 3.06. The van der Waals surface area contributed by atoms with Gasteiger partial charge in [-0.05, 0) is 30.5 Å². The van der Waals surface area contributed by atoms with Crippen molar-refractivity contribution in [2.45, 2.75) is 25.1 Å². The van der Waals surface area contributed by atoms with E-state index in [0.717, 1.165) is 5.56 Å². The largest absolute Gasteiger partial charge is 0.486 e. The molecule has 3 rings (SSSR count). The molecule has 6 nitrogen and oxygen atoms in total. The zero-order valence-electron chi connectivity index (χ0n) is 16.0. The minimum atomic E-state index is -4.17. The van der Waals surface area contributed by atoms with E-state index in [0.29, 0.717) is 68.2 Å². The van der Waals surface area contributed by atoms with E-state index in [4.69, 9.17) is 21.1 Å². The highest BCUT2D eigenvalue weighted by atomic mass is 127. The van der Waals surface area contributed by atoms with Gasteiger partial charge < -0.3 is 20.1 Å². The van der Waals surface area contributed by atoms with E-state index < -0.39 is 12.7 Å². The summed E-state index contributed by atoms with van der Waals surface area (Å²) in [6.45, 7) is 1.46. The van der Waals surface area contributed by atoms with Crippen molar-refractivity contribution in [2.24, 2.45) is 4.99 Å². The summed E-state index contributed by atoms with van der Waals surface area (Å²) in [4.78, 5) is 5.56. The van der Waals surface area contributed by atoms with Crippen LogP contribution in [-0.2, 0) is 6.42 Å². The van der Waals surface area contributed by atoms with Crippen molar-refractivity contribution in [1.29, 1.82) is 0 Å². The quantitative estimate of drug-likeness (QED) is 0.337. The minimum absolute atomic E-state index is 0. The molecule has 2 heterocycles. The van der Waals surface area contributed by atoms with E-state index in [1.54, 1.807) is 7.05 Å². The average molecular weight is 549 g/mol. The van der Waals surface area contributed by atoms with Gasteiger partial charge in [0.1, 0.15) is 13.2 Å². The topological polar surface area (TPSA) is 58.1 Å². The molecule has 0 aliphatic carbocycles. The Morgan fingerprint density at radius 3 is 2.79 bits per heavy atom. The summed E-state index contributed by atoms with van der Waals surface area (Å²) in [5.74, 6) is 1.79. The summed E-state index contributed by atoms with van der Waals surface area (Å²) in [7, 11) is 1.64. The number of nitrogens with one attached hydrogen (secondary N) is 2. The van der Waals surface area contributed by atoms with Crippen molar-refractivity contribution < 1.29 is 22.6 Å². The molecule has 0 spiro atoms. The fourth-order valence-electron chi connectivity index (χ4n) is 3.37. The number of rotatable bonds is 5. The number of alkyl halides is 3. The number of aliphatic imine (C=N–C) groups is 1. The van der Waals surface area contributed by atoms with Crippen LogP contribution in [0, 0.1) is 0 Å². The standard InChI is InChI=1S/C18H24ClF3N4O2.HI/c1-23-17(25-13-3-5-26(10-13)11-18(20,21)22)24-4-2-12-8-14(19)16-15(9-12)27-6-7-28-16;/h8-9,13H,2-7,10-11H2,1H3,(H2,23,24,25);1H. The van der Waals surface area contributed by atoms with Gasteiger partial charge in [-0.15, -0.1) is 24.0 Å². The van der Waals surface area contributed by atoms with Crippen molar-refractivity contribution in [3.05, 3.63) is 22.7 Å². The maximum Gasteiger partial charge on any atom is 0.401 e. The number of likely N-dealkylation sites (tertiary alicyclic amines) is 1. The smallest absolute Gasteiger partial charge is 0.401 e. The number of fused-ring (bicyclic) bond motifs is 1. The minimum Gasteiger partial charge on any atom is -0.486 e. The summed E-state index contributed by atoms with van der Waals surface area (Å²) in [6, 6.07) is 3.70. The first kappa shape index (κ1) is 24.1. The van der Waals surface area contributed by atoms with E-state index in [1.807, 2.05) is 12.1 Å². The molecule has 1 unspecified atom stereocenters. The summed E-state index contributed by atoms with van der Waals surface area (Å²) in [5, 5.41) is 6.90. The molecule has 2 aliphatic heterocycles. The van der Waals surface area contributed by atoms with Crippen LogP contribution in [0.2, 0.25) is 5.02 Å². The molecule has 29 heavy (non-hydrogen) atoms. The lowest BCUT2D eigenvalue weighted by Gasteiger charge is -2.21. The molecule has 1 saturated heterocycles. The van der Waals surface area contributed by atoms with E-state index in [1.165, 1.54) is 4.90 Å². The van der Waals surface area contributed by atoms with Crippen molar-refractivity contribution in [3.63, 3.8) is 0 Å². The van der Waals surface area contributed by atoms with Crippen LogP contribution in [0.4, 0.5) is 13.2 Å². The predicted molar refractivity (Wildman–Crippen MR) is 117 cm³/mol. The van der Waals surface area contributed by atoms with Gasteiger partial charge in [0.15, 0.2) is 17.5 Å². The first-order valence-electron chi connectivity index (χ1n) is 9.18. The molecule has 1 atom stereocenters. The Morgan fingerprint density at radius 2 is 2.07 bits per heavy atom. The maximum atomic E-state index is 12.5. The third kappa shape index (κ3) is 7.25. The van der Waals surface area contributed by atoms with Gasteiger partial charge in [0.05, 0.1) is 11.6 Å². The molecule has 0 amide bonds. The van der Waals surface area contributed by atoms with Crippen LogP contribution in [0.15, 0.2) is 17.1 Å². The number of hydrogen-bond donors (Lipinski definition) is 2. The molecule has 1 fully saturated rings. The number of benzene rings is 1. The number of nitrogens with zero attached hydrogens (tertiary/aromatic N) is 2. The summed E-state index contributed by atoms with van der Waals surface area (Å²) in [6.07, 6.45) is -2.84. The van der Waals surface area contributed by atoms with E-state index in [2.05, 4.69) is 15.6 Å². The maximum absolute atomic E-state index is 12.5. The normalized spacial score (nSPS) is 19.6. The van der Waals surface area contributed by atoms with Gasteiger partial charge in [-0.2, -0.15) is 13.2 Å². The molecule has 0 radical (unpaired) electrons. The van der Waals surface area contributed by atoms with E-state index in [9.17, 15) is 13.2 Å². The van der Waals surface area contributed by atoms with E-state index in [-0.39, 0.29) is 30.0 Å². The second-order valence-electron chi connectivity index (χ2n) is 6.83. The van der Waals surface area contributed by atoms with Gasteiger partial charge >= 0.3 is 6.18 Å². The van der Waals surface area contributed by atoms with Crippen LogP contribution in [0.5, 0.6) is 11.5 Å². The van der Waals surface area contributed by atoms with Gasteiger partial charge in [-0.25, -0.2) is 0 Å². The monoisotopic (exact) mass is 548 g/mol. The summed E-state index contributed by atoms with van der Waals surface area (Å²) >= 11 is 6.24. The Kier molecular flexibility index (Phi) is 8.95. The van der Waals surface area contributed by atoms with E-state index >= 15 is 0 Å². The molecule has 2 aliphatic rings. The second-order valence-corrected chi connectivity index (χ2v) is 7.24. The zero-order valence-corrected chi connectivity index (χ0v) is 19.1. The lowest BCUT2D eigenvalue weighted by Crippen LogP contribution is -2.45. The highest BCUT2D eigenvalue weighted by Crippen LogP contribution is 2.38. The fourth-order valence-corrected chi connectivity index (χ4v) is 3.66. The predicted octanol–water partition coefficient (Wildman–Crippen LogP) is 3.07. The van der Waals surface area contributed by atoms with Gasteiger partial charge in [-0.3, -0.25) is 9.89 Å². The van der Waals surface area contributed by atoms with Crippen LogP contribution in [0.1, 0.15) is 12.0 Å². The lowest BCUT2D eigenvalue weighted by atomic mass is 10.1. The Bertz CT molecular complexity index is 721. The highest BCUT2D eigenvalue weighted by Gasteiger charge is 2.34. The Balaban J connectivity index is 0.00000300. The number of hydrogen-bond acceptors (Lipinski definition) is 4. The number of guanidine groups is 1. The molecule has 0 bridgehead atoms. The Labute approximate surface area is 190 Å². The molecular formula is C18H25ClF3IN4O2. The molecule has 2 N–H and O–H groups in total. The lowest BCUT2D eigenvalue weighted by molar-refractivity contribution is -0.143. The molecule has 0 saturated carbocycles. The van der Waals surface area contributed by atoms with Crippen molar-refractivity contribution in [2.75, 3.05) is 46.4 Å². The van der Waals surface area contributed by atoms with Crippen molar-refractivity contribution in [3.8, 4) is 11.5 Å². The summed E-state index contributed by atoms with van der Waals surface area (Å²) < 4.78 is 48.6. The second kappa shape index (κ2) is 10.8. The van der Waals surface area contributed by atoms with Gasteiger partial charge in [0.2, 0.25) is 0 Å². The number of ether oxygens (including phenoxy) is 2. The van der Waals surface area contributed by atoms with Crippen molar-refractivity contribution >= 4 is 41.5 Å². The number of halogens is 5. The van der Waals surface area contributed by atoms with Crippen LogP contribution < -0.4 is 20.1 Å². The molecule has 11 heteroatoms. The third-order valence-electron chi connectivity index (χ3n) is 4.60. The molecule has 1 aromatic rings. The van der Waals surface area contributed by atoms with Crippen LogP contribution >= 0.6 is 35.6 Å². The first-order valence-corrected chi connectivity index (χ1v) is 9.56. The molecule has 164 valence electrons. The summed E-state index contributed by atoms with van der Waals surface area (Å²) in [5.41, 5.74) is 0.995. The molecular weight excluding hydrogens is 524 g/mol. The SMILES string of the molecule is CN=C(NCCc1cc(Cl)c2c(c1)OCCO2)NC1CCN(CC(F)(F)F)C1.I. The molecule has 1 aromatic carbocycles. The van der Waals surface area contributed by atoms with Crippen LogP contribution in [0.25, 0.3) is 0 Å². The van der Waals surface area contributed by atoms with Gasteiger partial charge in [0.25, 0.3) is 0 Å².